The lowest BCUT2D eigenvalue weighted by Crippen LogP contribution is -2.18. The van der Waals surface area contributed by atoms with Crippen LogP contribution in [0.3, 0.4) is 0 Å². The van der Waals surface area contributed by atoms with Crippen molar-refractivity contribution < 1.29 is 9.53 Å². The summed E-state index contributed by atoms with van der Waals surface area (Å²) in [7, 11) is 0. The average molecular weight is 463 g/mol. The third-order valence-electron chi connectivity index (χ3n) is 5.13. The van der Waals surface area contributed by atoms with Gasteiger partial charge in [-0.15, -0.1) is 0 Å². The van der Waals surface area contributed by atoms with Crippen molar-refractivity contribution in [1.29, 1.82) is 5.26 Å². The van der Waals surface area contributed by atoms with Gasteiger partial charge >= 0.3 is 0 Å². The summed E-state index contributed by atoms with van der Waals surface area (Å²) >= 11 is 3.49. The number of fused-ring (bicyclic) bond motifs is 4. The molecule has 1 aliphatic rings. The van der Waals surface area contributed by atoms with E-state index in [1.54, 1.807) is 23.0 Å². The van der Waals surface area contributed by atoms with Crippen LogP contribution in [0.1, 0.15) is 21.7 Å². The molecule has 3 heterocycles. The van der Waals surface area contributed by atoms with E-state index in [2.05, 4.69) is 32.1 Å². The molecule has 0 radical (unpaired) electrons. The Balaban J connectivity index is 1.69. The maximum Gasteiger partial charge on any atom is 0.269 e. The number of nitriles is 1. The Morgan fingerprint density at radius 2 is 2.17 bits per heavy atom. The number of imidazole rings is 1. The molecule has 8 nitrogen and oxygen atoms in total. The maximum atomic E-state index is 12.2. The summed E-state index contributed by atoms with van der Waals surface area (Å²) in [5.74, 6) is 0.728. The topological polar surface area (TPSA) is 112 Å². The van der Waals surface area contributed by atoms with Crippen LogP contribution in [0.25, 0.3) is 22.3 Å². The van der Waals surface area contributed by atoms with Crippen molar-refractivity contribution in [1.82, 2.24) is 19.3 Å². The van der Waals surface area contributed by atoms with Crippen LogP contribution in [-0.2, 0) is 13.1 Å². The van der Waals surface area contributed by atoms with Crippen molar-refractivity contribution in [3.8, 4) is 23.2 Å². The number of carbonyl (C=O) groups is 1. The number of hydrogen-bond acceptors (Lipinski definition) is 5. The zero-order valence-electron chi connectivity index (χ0n) is 15.7. The highest BCUT2D eigenvalue weighted by atomic mass is 79.9. The molecule has 1 aliphatic heterocycles. The molecular weight excluding hydrogens is 448 g/mol. The zero-order chi connectivity index (χ0) is 20.8. The Morgan fingerprint density at radius 3 is 2.97 bits per heavy atom. The molecule has 0 atom stereocenters. The molecule has 0 bridgehead atoms. The van der Waals surface area contributed by atoms with Gasteiger partial charge in [0.05, 0.1) is 47.7 Å². The van der Waals surface area contributed by atoms with E-state index in [9.17, 15) is 10.1 Å². The molecule has 0 fully saturated rings. The standard InChI is InChI=1S/C21H15BrN6O2/c22-14-3-4-18-15(8-14)21-26-19(20(24)29)17(27(21)5-6-30-18)11-28-16-7-12(9-23)1-2-13(16)10-25-28/h1-4,7-8,10H,5-6,11H2,(H2,24,29). The van der Waals surface area contributed by atoms with Crippen LogP contribution >= 0.6 is 15.9 Å². The molecule has 148 valence electrons. The molecule has 30 heavy (non-hydrogen) atoms. The van der Waals surface area contributed by atoms with Crippen LogP contribution in [-0.4, -0.2) is 31.8 Å². The van der Waals surface area contributed by atoms with E-state index in [0.717, 1.165) is 20.9 Å². The number of hydrogen-bond donors (Lipinski definition) is 1. The summed E-state index contributed by atoms with van der Waals surface area (Å²) in [6.45, 7) is 1.23. The first-order valence-electron chi connectivity index (χ1n) is 9.23. The Bertz CT molecular complexity index is 1360. The summed E-state index contributed by atoms with van der Waals surface area (Å²) in [6, 6.07) is 13.2. The van der Waals surface area contributed by atoms with E-state index in [-0.39, 0.29) is 12.2 Å². The van der Waals surface area contributed by atoms with Crippen LogP contribution in [0.4, 0.5) is 0 Å². The first kappa shape index (κ1) is 18.4. The van der Waals surface area contributed by atoms with Gasteiger partial charge in [-0.3, -0.25) is 9.48 Å². The normalized spacial score (nSPS) is 12.5. The van der Waals surface area contributed by atoms with Crippen LogP contribution < -0.4 is 10.5 Å². The smallest absolute Gasteiger partial charge is 0.269 e. The SMILES string of the molecule is N#Cc1ccc2cnn(Cc3c(C(N)=O)nc4n3CCOc3ccc(Br)cc3-4)c2c1. The molecule has 0 unspecified atom stereocenters. The number of ether oxygens (including phenoxy) is 1. The van der Waals surface area contributed by atoms with Crippen LogP contribution in [0.5, 0.6) is 5.75 Å². The van der Waals surface area contributed by atoms with Gasteiger partial charge in [-0.25, -0.2) is 4.98 Å². The summed E-state index contributed by atoms with van der Waals surface area (Å²) < 4.78 is 10.5. The van der Waals surface area contributed by atoms with E-state index in [1.165, 1.54) is 0 Å². The number of rotatable bonds is 3. The predicted molar refractivity (Wildman–Crippen MR) is 113 cm³/mol. The van der Waals surface area contributed by atoms with Gasteiger partial charge in [-0.1, -0.05) is 15.9 Å². The van der Waals surface area contributed by atoms with Gasteiger partial charge in [0.15, 0.2) is 5.69 Å². The summed E-state index contributed by atoms with van der Waals surface area (Å²) in [6.07, 6.45) is 1.73. The number of primary amides is 1. The average Bonchev–Trinajstić information content (AvgIpc) is 3.25. The number of aromatic nitrogens is 4. The minimum atomic E-state index is -0.600. The van der Waals surface area contributed by atoms with Crippen molar-refractivity contribution in [2.24, 2.45) is 5.73 Å². The fourth-order valence-electron chi connectivity index (χ4n) is 3.75. The maximum absolute atomic E-state index is 12.2. The Hall–Kier alpha value is -3.64. The number of carbonyl (C=O) groups excluding carboxylic acids is 1. The first-order chi connectivity index (χ1) is 14.5. The van der Waals surface area contributed by atoms with Crippen molar-refractivity contribution in [3.05, 3.63) is 64.0 Å². The van der Waals surface area contributed by atoms with Crippen LogP contribution in [0.15, 0.2) is 47.1 Å². The van der Waals surface area contributed by atoms with Gasteiger partial charge in [0.1, 0.15) is 18.2 Å². The number of nitrogens with zero attached hydrogens (tertiary/aromatic N) is 5. The zero-order valence-corrected chi connectivity index (χ0v) is 17.3. The number of benzene rings is 2. The lowest BCUT2D eigenvalue weighted by molar-refractivity contribution is 0.0994. The second-order valence-electron chi connectivity index (χ2n) is 6.92. The quantitative estimate of drug-likeness (QED) is 0.502. The molecule has 5 rings (SSSR count). The molecule has 2 aromatic heterocycles. The molecule has 0 aliphatic carbocycles. The third-order valence-corrected chi connectivity index (χ3v) is 5.63. The van der Waals surface area contributed by atoms with Crippen molar-refractivity contribution in [2.45, 2.75) is 13.1 Å². The van der Waals surface area contributed by atoms with E-state index >= 15 is 0 Å². The predicted octanol–water partition coefficient (Wildman–Crippen LogP) is 3.07. The molecule has 2 aromatic carbocycles. The van der Waals surface area contributed by atoms with Crippen molar-refractivity contribution in [2.75, 3.05) is 6.61 Å². The number of nitrogens with two attached hydrogens (primary N) is 1. The van der Waals surface area contributed by atoms with Gasteiger partial charge < -0.3 is 15.0 Å². The molecule has 9 heteroatoms. The second-order valence-corrected chi connectivity index (χ2v) is 7.84. The van der Waals surface area contributed by atoms with Crippen LogP contribution in [0, 0.1) is 11.3 Å². The van der Waals surface area contributed by atoms with Gasteiger partial charge in [-0.05, 0) is 36.4 Å². The minimum absolute atomic E-state index is 0.206. The Labute approximate surface area is 179 Å². The van der Waals surface area contributed by atoms with Gasteiger partial charge in [0.25, 0.3) is 5.91 Å². The monoisotopic (exact) mass is 462 g/mol. The summed E-state index contributed by atoms with van der Waals surface area (Å²) in [5.41, 5.74) is 8.66. The summed E-state index contributed by atoms with van der Waals surface area (Å²) in [5, 5.41) is 14.6. The van der Waals surface area contributed by atoms with Gasteiger partial charge in [0.2, 0.25) is 0 Å². The molecule has 0 saturated carbocycles. The molecule has 0 spiro atoms. The van der Waals surface area contributed by atoms with E-state index in [4.69, 9.17) is 10.5 Å². The van der Waals surface area contributed by atoms with Gasteiger partial charge in [-0.2, -0.15) is 10.4 Å². The van der Waals surface area contributed by atoms with Crippen LogP contribution in [0.2, 0.25) is 0 Å². The fraction of sp³-hybridized carbons (Fsp3) is 0.143. The van der Waals surface area contributed by atoms with Crippen molar-refractivity contribution in [3.63, 3.8) is 0 Å². The second kappa shape index (κ2) is 7.00. The highest BCUT2D eigenvalue weighted by Crippen LogP contribution is 2.35. The van der Waals surface area contributed by atoms with E-state index < -0.39 is 5.91 Å². The Morgan fingerprint density at radius 1 is 1.30 bits per heavy atom. The highest BCUT2D eigenvalue weighted by Gasteiger charge is 2.26. The molecular formula is C21H15BrN6O2. The number of halogens is 1. The largest absolute Gasteiger partial charge is 0.491 e. The summed E-state index contributed by atoms with van der Waals surface area (Å²) in [4.78, 5) is 16.8. The van der Waals surface area contributed by atoms with Crippen molar-refractivity contribution >= 4 is 32.7 Å². The fourth-order valence-corrected chi connectivity index (χ4v) is 4.11. The van der Waals surface area contributed by atoms with E-state index in [1.807, 2.05) is 28.8 Å². The lowest BCUT2D eigenvalue weighted by Gasteiger charge is -2.10. The third kappa shape index (κ3) is 2.93. The first-order valence-corrected chi connectivity index (χ1v) is 10.0. The highest BCUT2D eigenvalue weighted by molar-refractivity contribution is 9.10. The molecule has 0 saturated heterocycles. The minimum Gasteiger partial charge on any atom is -0.491 e. The molecule has 2 N–H and O–H groups in total. The number of amides is 1. The molecule has 1 amide bonds. The molecule has 4 aromatic rings. The van der Waals surface area contributed by atoms with E-state index in [0.29, 0.717) is 36.0 Å². The van der Waals surface area contributed by atoms with Gasteiger partial charge in [0, 0.05) is 9.86 Å². The lowest BCUT2D eigenvalue weighted by atomic mass is 10.2. The Kier molecular flexibility index (Phi) is 4.29.